The Kier molecular flexibility index (Phi) is 3.95. The number of benzene rings is 1. The first-order valence-corrected chi connectivity index (χ1v) is 6.46. The van der Waals surface area contributed by atoms with Gasteiger partial charge >= 0.3 is 0 Å². The minimum atomic E-state index is -0.206. The summed E-state index contributed by atoms with van der Waals surface area (Å²) < 4.78 is 15.0. The molecule has 0 saturated carbocycles. The van der Waals surface area contributed by atoms with Crippen LogP contribution in [0.15, 0.2) is 18.2 Å². The first-order valence-electron chi connectivity index (χ1n) is 6.46. The van der Waals surface area contributed by atoms with Crippen LogP contribution in [0.4, 0.5) is 4.39 Å². The molecule has 0 spiro atoms. The van der Waals surface area contributed by atoms with Crippen molar-refractivity contribution >= 4 is 0 Å². The fraction of sp³-hybridized carbons (Fsp3) is 0.429. The molecule has 19 heavy (non-hydrogen) atoms. The van der Waals surface area contributed by atoms with Crippen LogP contribution < -0.4 is 5.32 Å². The lowest BCUT2D eigenvalue weighted by atomic mass is 10.2. The summed E-state index contributed by atoms with van der Waals surface area (Å²) in [7, 11) is 0. The van der Waals surface area contributed by atoms with Crippen molar-refractivity contribution in [2.75, 3.05) is 6.54 Å². The average Bonchev–Trinajstić information content (AvgIpc) is 2.75. The number of rotatable bonds is 4. The van der Waals surface area contributed by atoms with E-state index >= 15 is 0 Å². The van der Waals surface area contributed by atoms with Crippen LogP contribution in [-0.4, -0.2) is 21.5 Å². The van der Waals surface area contributed by atoms with Gasteiger partial charge in [-0.2, -0.15) is 0 Å². The molecule has 1 N–H and O–H groups in total. The number of nitrogens with zero attached hydrogens (tertiary/aromatic N) is 3. The fourth-order valence-corrected chi connectivity index (χ4v) is 2.15. The number of aryl methyl sites for hydroxylation is 1. The van der Waals surface area contributed by atoms with Crippen LogP contribution in [0.2, 0.25) is 0 Å². The molecule has 1 atom stereocenters. The Morgan fingerprint density at radius 3 is 2.74 bits per heavy atom. The summed E-state index contributed by atoms with van der Waals surface area (Å²) >= 11 is 0. The van der Waals surface area contributed by atoms with E-state index in [0.717, 1.165) is 23.6 Å². The van der Waals surface area contributed by atoms with Gasteiger partial charge in [0.25, 0.3) is 0 Å². The molecule has 0 saturated heterocycles. The summed E-state index contributed by atoms with van der Waals surface area (Å²) in [6, 6.07) is 5.10. The predicted molar refractivity (Wildman–Crippen MR) is 72.9 cm³/mol. The highest BCUT2D eigenvalue weighted by Crippen LogP contribution is 2.19. The van der Waals surface area contributed by atoms with E-state index in [4.69, 9.17) is 0 Å². The number of aromatic nitrogens is 3. The van der Waals surface area contributed by atoms with E-state index in [1.807, 2.05) is 6.92 Å². The van der Waals surface area contributed by atoms with Crippen molar-refractivity contribution in [3.8, 4) is 5.69 Å². The van der Waals surface area contributed by atoms with E-state index in [2.05, 4.69) is 29.5 Å². The maximum absolute atomic E-state index is 13.3. The van der Waals surface area contributed by atoms with E-state index in [1.54, 1.807) is 23.7 Å². The molecule has 5 heteroatoms. The van der Waals surface area contributed by atoms with Crippen LogP contribution >= 0.6 is 0 Å². The zero-order valence-electron chi connectivity index (χ0n) is 11.7. The SMILES string of the molecule is CCNC(C)c1nnn(-c2ccc(F)c(C)c2)c1C. The Labute approximate surface area is 112 Å². The highest BCUT2D eigenvalue weighted by atomic mass is 19.1. The number of hydrogen-bond donors (Lipinski definition) is 1. The third kappa shape index (κ3) is 2.66. The zero-order chi connectivity index (χ0) is 14.0. The second kappa shape index (κ2) is 5.48. The van der Waals surface area contributed by atoms with Crippen molar-refractivity contribution in [3.05, 3.63) is 41.0 Å². The number of nitrogens with one attached hydrogen (secondary N) is 1. The standard InChI is InChI=1S/C14H19FN4/c1-5-16-10(3)14-11(4)19(18-17-14)12-6-7-13(15)9(2)8-12/h6-8,10,16H,5H2,1-4H3. The lowest BCUT2D eigenvalue weighted by Crippen LogP contribution is -2.19. The van der Waals surface area contributed by atoms with Crippen molar-refractivity contribution in [2.45, 2.75) is 33.7 Å². The Bertz CT molecular complexity index is 577. The molecule has 0 aliphatic rings. The van der Waals surface area contributed by atoms with Crippen LogP contribution in [-0.2, 0) is 0 Å². The van der Waals surface area contributed by atoms with E-state index in [9.17, 15) is 4.39 Å². The molecule has 1 aromatic heterocycles. The van der Waals surface area contributed by atoms with Crippen molar-refractivity contribution in [2.24, 2.45) is 0 Å². The molecule has 0 radical (unpaired) electrons. The van der Waals surface area contributed by atoms with Gasteiger partial charge in [-0.3, -0.25) is 0 Å². The van der Waals surface area contributed by atoms with Gasteiger partial charge in [0.2, 0.25) is 0 Å². The maximum Gasteiger partial charge on any atom is 0.126 e. The molecule has 0 aliphatic carbocycles. The Morgan fingerprint density at radius 1 is 1.37 bits per heavy atom. The maximum atomic E-state index is 13.3. The fourth-order valence-electron chi connectivity index (χ4n) is 2.15. The molecule has 0 bridgehead atoms. The quantitative estimate of drug-likeness (QED) is 0.921. The van der Waals surface area contributed by atoms with Crippen molar-refractivity contribution < 1.29 is 4.39 Å². The molecule has 0 amide bonds. The molecule has 1 unspecified atom stereocenters. The second-order valence-electron chi connectivity index (χ2n) is 4.68. The molecule has 0 aliphatic heterocycles. The summed E-state index contributed by atoms with van der Waals surface area (Å²) in [5.74, 6) is -0.206. The van der Waals surface area contributed by atoms with Gasteiger partial charge in [-0.15, -0.1) is 5.10 Å². The minimum absolute atomic E-state index is 0.153. The highest BCUT2D eigenvalue weighted by molar-refractivity contribution is 5.37. The molecule has 102 valence electrons. The molecule has 4 nitrogen and oxygen atoms in total. The second-order valence-corrected chi connectivity index (χ2v) is 4.68. The minimum Gasteiger partial charge on any atom is -0.309 e. The molecular formula is C14H19FN4. The Hall–Kier alpha value is -1.75. The third-order valence-corrected chi connectivity index (χ3v) is 3.24. The largest absolute Gasteiger partial charge is 0.309 e. The van der Waals surface area contributed by atoms with Crippen molar-refractivity contribution in [1.82, 2.24) is 20.3 Å². The first kappa shape index (κ1) is 13.7. The Balaban J connectivity index is 2.38. The van der Waals surface area contributed by atoms with Crippen LogP contribution in [0.25, 0.3) is 5.69 Å². The van der Waals surface area contributed by atoms with Crippen LogP contribution in [0, 0.1) is 19.7 Å². The number of halogens is 1. The smallest absolute Gasteiger partial charge is 0.126 e. The van der Waals surface area contributed by atoms with E-state index in [-0.39, 0.29) is 11.9 Å². The van der Waals surface area contributed by atoms with Gasteiger partial charge in [0.05, 0.1) is 17.4 Å². The van der Waals surface area contributed by atoms with Crippen LogP contribution in [0.3, 0.4) is 0 Å². The van der Waals surface area contributed by atoms with Crippen molar-refractivity contribution in [1.29, 1.82) is 0 Å². The van der Waals surface area contributed by atoms with Gasteiger partial charge < -0.3 is 5.32 Å². The molecule has 2 aromatic rings. The average molecular weight is 262 g/mol. The van der Waals surface area contributed by atoms with Crippen molar-refractivity contribution in [3.63, 3.8) is 0 Å². The Morgan fingerprint density at radius 2 is 2.11 bits per heavy atom. The van der Waals surface area contributed by atoms with Gasteiger partial charge in [-0.05, 0) is 51.1 Å². The molecule has 2 rings (SSSR count). The topological polar surface area (TPSA) is 42.7 Å². The summed E-state index contributed by atoms with van der Waals surface area (Å²) in [5, 5.41) is 11.7. The number of hydrogen-bond acceptors (Lipinski definition) is 3. The molecule has 1 aromatic carbocycles. The summed E-state index contributed by atoms with van der Waals surface area (Å²) in [6.07, 6.45) is 0. The van der Waals surface area contributed by atoms with Gasteiger partial charge in [0.15, 0.2) is 0 Å². The van der Waals surface area contributed by atoms with Gasteiger partial charge in [-0.25, -0.2) is 9.07 Å². The summed E-state index contributed by atoms with van der Waals surface area (Å²) in [6.45, 7) is 8.71. The van der Waals surface area contributed by atoms with E-state index < -0.39 is 0 Å². The van der Waals surface area contributed by atoms with E-state index in [0.29, 0.717) is 5.56 Å². The first-order chi connectivity index (χ1) is 9.04. The summed E-state index contributed by atoms with van der Waals surface area (Å²) in [5.41, 5.74) is 3.33. The third-order valence-electron chi connectivity index (χ3n) is 3.24. The van der Waals surface area contributed by atoms with Gasteiger partial charge in [0.1, 0.15) is 11.5 Å². The summed E-state index contributed by atoms with van der Waals surface area (Å²) in [4.78, 5) is 0. The van der Waals surface area contributed by atoms with Gasteiger partial charge in [0, 0.05) is 0 Å². The van der Waals surface area contributed by atoms with Crippen LogP contribution in [0.5, 0.6) is 0 Å². The lowest BCUT2D eigenvalue weighted by molar-refractivity contribution is 0.579. The normalized spacial score (nSPS) is 12.7. The van der Waals surface area contributed by atoms with E-state index in [1.165, 1.54) is 6.07 Å². The molecule has 0 fully saturated rings. The van der Waals surface area contributed by atoms with Gasteiger partial charge in [-0.1, -0.05) is 12.1 Å². The lowest BCUT2D eigenvalue weighted by Gasteiger charge is -2.10. The van der Waals surface area contributed by atoms with Crippen LogP contribution in [0.1, 0.15) is 36.8 Å². The molecule has 1 heterocycles. The zero-order valence-corrected chi connectivity index (χ0v) is 11.7. The predicted octanol–water partition coefficient (Wildman–Crippen LogP) is 2.69. The molecular weight excluding hydrogens is 243 g/mol. The highest BCUT2D eigenvalue weighted by Gasteiger charge is 2.15. The monoisotopic (exact) mass is 262 g/mol.